The molecule has 1 aromatic carbocycles. The van der Waals surface area contributed by atoms with Crippen LogP contribution in [0.5, 0.6) is 0 Å². The number of carbonyl (C=O) groups excluding carboxylic acids is 1. The molecule has 9 heteroatoms. The summed E-state index contributed by atoms with van der Waals surface area (Å²) in [7, 11) is -3.61. The third kappa shape index (κ3) is 4.97. The van der Waals surface area contributed by atoms with Crippen molar-refractivity contribution in [1.82, 2.24) is 9.71 Å². The van der Waals surface area contributed by atoms with Gasteiger partial charge in [0.2, 0.25) is 10.0 Å². The summed E-state index contributed by atoms with van der Waals surface area (Å²) >= 11 is 0. The number of hydrogen-bond acceptors (Lipinski definition) is 6. The zero-order chi connectivity index (χ0) is 21.3. The maximum atomic E-state index is 12.6. The van der Waals surface area contributed by atoms with E-state index in [1.54, 1.807) is 24.4 Å². The number of sulfonamides is 1. The molecule has 2 aromatic rings. The second-order valence-electron chi connectivity index (χ2n) is 7.94. The number of hydrogen-bond donors (Lipinski definition) is 2. The Morgan fingerprint density at radius 2 is 1.87 bits per heavy atom. The Balaban J connectivity index is 1.43. The first kappa shape index (κ1) is 20.8. The van der Waals surface area contributed by atoms with Crippen molar-refractivity contribution < 1.29 is 17.9 Å². The van der Waals surface area contributed by atoms with Gasteiger partial charge in [-0.25, -0.2) is 18.1 Å². The predicted octanol–water partition coefficient (Wildman–Crippen LogP) is 2.39. The number of ether oxygens (including phenoxy) is 1. The van der Waals surface area contributed by atoms with Crippen LogP contribution in [-0.4, -0.2) is 50.6 Å². The minimum absolute atomic E-state index is 0.00881. The van der Waals surface area contributed by atoms with Gasteiger partial charge in [0.15, 0.2) is 0 Å². The smallest absolute Gasteiger partial charge is 0.255 e. The van der Waals surface area contributed by atoms with Crippen LogP contribution >= 0.6 is 0 Å². The highest BCUT2D eigenvalue weighted by atomic mass is 32.2. The van der Waals surface area contributed by atoms with Gasteiger partial charge in [-0.05, 0) is 57.0 Å². The molecule has 2 atom stereocenters. The highest BCUT2D eigenvalue weighted by molar-refractivity contribution is 7.89. The summed E-state index contributed by atoms with van der Waals surface area (Å²) in [6.07, 6.45) is 3.57. The number of nitrogens with zero attached hydrogens (tertiary/aromatic N) is 2. The van der Waals surface area contributed by atoms with Gasteiger partial charge in [0.25, 0.3) is 5.91 Å². The quantitative estimate of drug-likeness (QED) is 0.730. The molecule has 1 amide bonds. The summed E-state index contributed by atoms with van der Waals surface area (Å²) in [5.41, 5.74) is 0.816. The molecule has 0 spiro atoms. The number of amides is 1. The molecule has 160 valence electrons. The number of carbonyl (C=O) groups is 1. The Hall–Kier alpha value is -2.49. The molecule has 1 aliphatic carbocycles. The molecule has 1 saturated carbocycles. The van der Waals surface area contributed by atoms with E-state index < -0.39 is 10.0 Å². The van der Waals surface area contributed by atoms with Crippen LogP contribution in [0.2, 0.25) is 0 Å². The third-order valence-electron chi connectivity index (χ3n) is 5.06. The minimum Gasteiger partial charge on any atom is -0.372 e. The average Bonchev–Trinajstić information content (AvgIpc) is 3.51. The van der Waals surface area contributed by atoms with E-state index >= 15 is 0 Å². The van der Waals surface area contributed by atoms with E-state index in [9.17, 15) is 13.2 Å². The van der Waals surface area contributed by atoms with Gasteiger partial charge in [-0.2, -0.15) is 0 Å². The van der Waals surface area contributed by atoms with E-state index in [2.05, 4.69) is 19.9 Å². The maximum absolute atomic E-state index is 12.6. The van der Waals surface area contributed by atoms with Crippen LogP contribution in [0.25, 0.3) is 0 Å². The van der Waals surface area contributed by atoms with Crippen LogP contribution < -0.4 is 14.9 Å². The summed E-state index contributed by atoms with van der Waals surface area (Å²) in [6.45, 7) is 5.59. The molecule has 30 heavy (non-hydrogen) atoms. The predicted molar refractivity (Wildman–Crippen MR) is 114 cm³/mol. The Morgan fingerprint density at radius 3 is 2.50 bits per heavy atom. The van der Waals surface area contributed by atoms with Crippen molar-refractivity contribution in [1.29, 1.82) is 0 Å². The molecule has 0 radical (unpaired) electrons. The molecule has 1 aromatic heterocycles. The lowest BCUT2D eigenvalue weighted by molar-refractivity contribution is -0.00545. The van der Waals surface area contributed by atoms with E-state index in [4.69, 9.17) is 4.74 Å². The number of rotatable bonds is 6. The Morgan fingerprint density at radius 1 is 1.13 bits per heavy atom. The molecule has 1 saturated heterocycles. The number of morpholine rings is 1. The van der Waals surface area contributed by atoms with Crippen molar-refractivity contribution in [3.8, 4) is 0 Å². The lowest BCUT2D eigenvalue weighted by Gasteiger charge is -2.36. The number of benzene rings is 1. The Labute approximate surface area is 176 Å². The van der Waals surface area contributed by atoms with Gasteiger partial charge >= 0.3 is 0 Å². The van der Waals surface area contributed by atoms with E-state index in [0.29, 0.717) is 5.69 Å². The monoisotopic (exact) mass is 430 g/mol. The number of nitrogens with one attached hydrogen (secondary N) is 2. The van der Waals surface area contributed by atoms with Gasteiger partial charge in [0.1, 0.15) is 5.82 Å². The second-order valence-corrected chi connectivity index (χ2v) is 9.66. The normalized spacial score (nSPS) is 22.0. The molecule has 2 aliphatic rings. The highest BCUT2D eigenvalue weighted by Crippen LogP contribution is 2.23. The average molecular weight is 431 g/mol. The van der Waals surface area contributed by atoms with Crippen LogP contribution in [0.4, 0.5) is 11.5 Å². The number of aromatic nitrogens is 1. The van der Waals surface area contributed by atoms with E-state index in [0.717, 1.165) is 31.7 Å². The summed E-state index contributed by atoms with van der Waals surface area (Å²) in [4.78, 5) is 19.3. The first-order chi connectivity index (χ1) is 14.3. The second kappa shape index (κ2) is 8.33. The summed E-state index contributed by atoms with van der Waals surface area (Å²) in [6, 6.07) is 9.69. The summed E-state index contributed by atoms with van der Waals surface area (Å²) in [5.74, 6) is 0.441. The van der Waals surface area contributed by atoms with Crippen molar-refractivity contribution in [2.24, 2.45) is 0 Å². The molecular formula is C21H26N4O4S. The molecule has 2 heterocycles. The van der Waals surface area contributed by atoms with Crippen LogP contribution in [-0.2, 0) is 14.8 Å². The first-order valence-electron chi connectivity index (χ1n) is 10.1. The van der Waals surface area contributed by atoms with Crippen molar-refractivity contribution in [2.75, 3.05) is 23.3 Å². The minimum atomic E-state index is -3.61. The topological polar surface area (TPSA) is 101 Å². The molecule has 2 unspecified atom stereocenters. The van der Waals surface area contributed by atoms with Crippen LogP contribution in [0.1, 0.15) is 37.0 Å². The van der Waals surface area contributed by atoms with Gasteiger partial charge in [0.05, 0.1) is 29.0 Å². The molecule has 1 aliphatic heterocycles. The van der Waals surface area contributed by atoms with Gasteiger partial charge in [-0.1, -0.05) is 6.07 Å². The molecule has 4 rings (SSSR count). The highest BCUT2D eigenvalue weighted by Gasteiger charge is 2.28. The van der Waals surface area contributed by atoms with E-state index in [-0.39, 0.29) is 34.6 Å². The van der Waals surface area contributed by atoms with Crippen LogP contribution in [0, 0.1) is 0 Å². The SMILES string of the molecule is CC1CN(c2ccc(NC(=O)c3cccc(S(=O)(=O)NC4CC4)c3)cn2)CC(C)O1. The Bertz CT molecular complexity index is 1010. The zero-order valence-corrected chi connectivity index (χ0v) is 17.9. The molecule has 0 bridgehead atoms. The van der Waals surface area contributed by atoms with Gasteiger partial charge in [0, 0.05) is 24.7 Å². The van der Waals surface area contributed by atoms with Gasteiger partial charge in [-0.15, -0.1) is 0 Å². The largest absolute Gasteiger partial charge is 0.372 e. The van der Waals surface area contributed by atoms with Crippen LogP contribution in [0.3, 0.4) is 0 Å². The molecule has 2 N–H and O–H groups in total. The molecule has 2 fully saturated rings. The standard InChI is InChI=1S/C21H26N4O4S/c1-14-12-25(13-15(2)29-14)20-9-8-18(11-22-20)23-21(26)16-4-3-5-19(10-16)30(27,28)24-17-6-7-17/h3-5,8-11,14-15,17,24H,6-7,12-13H2,1-2H3,(H,23,26). The lowest BCUT2D eigenvalue weighted by Crippen LogP contribution is -2.45. The van der Waals surface area contributed by atoms with E-state index in [1.807, 2.05) is 19.9 Å². The van der Waals surface area contributed by atoms with Crippen molar-refractivity contribution in [3.05, 3.63) is 48.2 Å². The van der Waals surface area contributed by atoms with Crippen molar-refractivity contribution in [2.45, 2.75) is 49.8 Å². The fourth-order valence-electron chi connectivity index (χ4n) is 3.51. The summed E-state index contributed by atoms with van der Waals surface area (Å²) in [5, 5.41) is 2.78. The fraction of sp³-hybridized carbons (Fsp3) is 0.429. The zero-order valence-electron chi connectivity index (χ0n) is 17.0. The van der Waals surface area contributed by atoms with Crippen molar-refractivity contribution >= 4 is 27.4 Å². The van der Waals surface area contributed by atoms with Gasteiger partial charge in [-0.3, -0.25) is 4.79 Å². The van der Waals surface area contributed by atoms with Crippen molar-refractivity contribution in [3.63, 3.8) is 0 Å². The Kier molecular flexibility index (Phi) is 5.77. The number of pyridine rings is 1. The van der Waals surface area contributed by atoms with Gasteiger partial charge < -0.3 is 15.0 Å². The molecular weight excluding hydrogens is 404 g/mol. The summed E-state index contributed by atoms with van der Waals surface area (Å²) < 4.78 is 33.1. The lowest BCUT2D eigenvalue weighted by atomic mass is 10.2. The first-order valence-corrected chi connectivity index (χ1v) is 11.6. The van der Waals surface area contributed by atoms with E-state index in [1.165, 1.54) is 12.1 Å². The molecule has 8 nitrogen and oxygen atoms in total. The third-order valence-corrected chi connectivity index (χ3v) is 6.57. The maximum Gasteiger partial charge on any atom is 0.255 e. The van der Waals surface area contributed by atoms with Crippen LogP contribution in [0.15, 0.2) is 47.5 Å². The number of anilines is 2. The fourth-order valence-corrected chi connectivity index (χ4v) is 4.86.